The molecule has 1 heterocycles. The number of anilines is 1. The maximum absolute atomic E-state index is 5.94. The molecule has 0 aliphatic heterocycles. The van der Waals surface area contributed by atoms with Crippen LogP contribution in [-0.2, 0) is 6.42 Å². The van der Waals surface area contributed by atoms with E-state index in [0.717, 1.165) is 33.6 Å². The van der Waals surface area contributed by atoms with E-state index in [-0.39, 0.29) is 0 Å². The highest BCUT2D eigenvalue weighted by atomic mass is 35.5. The maximum Gasteiger partial charge on any atom is 0.170 e. The van der Waals surface area contributed by atoms with Crippen molar-refractivity contribution in [1.29, 1.82) is 0 Å². The molecule has 0 unspecified atom stereocenters. The van der Waals surface area contributed by atoms with Crippen LogP contribution in [0.25, 0.3) is 0 Å². The van der Waals surface area contributed by atoms with Gasteiger partial charge in [-0.25, -0.2) is 4.98 Å². The number of hydrogen-bond donors (Lipinski definition) is 2. The Bertz CT molecular complexity index is 854. The molecule has 0 aliphatic carbocycles. The molecule has 132 valence electrons. The minimum atomic E-state index is 0.590. The summed E-state index contributed by atoms with van der Waals surface area (Å²) in [6.07, 6.45) is 2.69. The summed E-state index contributed by atoms with van der Waals surface area (Å²) in [6, 6.07) is 21.9. The lowest BCUT2D eigenvalue weighted by Crippen LogP contribution is -2.30. The van der Waals surface area contributed by atoms with Crippen molar-refractivity contribution >= 4 is 46.4 Å². The average Bonchev–Trinajstić information content (AvgIpc) is 2.66. The molecule has 3 nitrogen and oxygen atoms in total. The first-order chi connectivity index (χ1) is 12.7. The number of rotatable bonds is 6. The van der Waals surface area contributed by atoms with Crippen LogP contribution in [0, 0.1) is 0 Å². The second kappa shape index (κ2) is 9.57. The van der Waals surface area contributed by atoms with E-state index in [4.69, 9.17) is 23.8 Å². The van der Waals surface area contributed by atoms with E-state index in [1.807, 2.05) is 54.6 Å². The van der Waals surface area contributed by atoms with Gasteiger partial charge in [0.05, 0.1) is 5.69 Å². The zero-order chi connectivity index (χ0) is 18.2. The molecule has 0 saturated carbocycles. The SMILES string of the molecule is S=C(NCCc1ccccc1)Nc1cccnc1Sc1ccc(Cl)cc1. The molecule has 3 rings (SSSR count). The van der Waals surface area contributed by atoms with Crippen molar-refractivity contribution in [2.75, 3.05) is 11.9 Å². The van der Waals surface area contributed by atoms with Gasteiger partial charge in [-0.05, 0) is 60.6 Å². The van der Waals surface area contributed by atoms with Crippen LogP contribution in [0.5, 0.6) is 0 Å². The topological polar surface area (TPSA) is 37.0 Å². The molecule has 0 fully saturated rings. The van der Waals surface area contributed by atoms with Crippen LogP contribution < -0.4 is 10.6 Å². The van der Waals surface area contributed by atoms with Gasteiger partial charge in [0.1, 0.15) is 5.03 Å². The minimum Gasteiger partial charge on any atom is -0.362 e. The molecule has 0 aliphatic rings. The van der Waals surface area contributed by atoms with Gasteiger partial charge in [-0.3, -0.25) is 0 Å². The molecule has 0 atom stereocenters. The summed E-state index contributed by atoms with van der Waals surface area (Å²) >= 11 is 12.9. The fraction of sp³-hybridized carbons (Fsp3) is 0.100. The lowest BCUT2D eigenvalue weighted by Gasteiger charge is -2.13. The first kappa shape index (κ1) is 18.7. The standard InChI is InChI=1S/C20H18ClN3S2/c21-16-8-10-17(11-9-16)26-19-18(7-4-13-22-19)24-20(25)23-14-12-15-5-2-1-3-6-15/h1-11,13H,12,14H2,(H2,23,24,25). The molecule has 3 aromatic rings. The highest BCUT2D eigenvalue weighted by molar-refractivity contribution is 7.99. The number of hydrogen-bond acceptors (Lipinski definition) is 3. The molecule has 0 bridgehead atoms. The maximum atomic E-state index is 5.94. The fourth-order valence-corrected chi connectivity index (χ4v) is 3.49. The third kappa shape index (κ3) is 5.73. The number of pyridine rings is 1. The Balaban J connectivity index is 1.57. The smallest absolute Gasteiger partial charge is 0.170 e. The Labute approximate surface area is 168 Å². The molecule has 2 N–H and O–H groups in total. The fourth-order valence-electron chi connectivity index (χ4n) is 2.31. The Morgan fingerprint density at radius 3 is 2.54 bits per heavy atom. The molecule has 0 amide bonds. The predicted octanol–water partition coefficient (Wildman–Crippen LogP) is 5.42. The number of benzene rings is 2. The van der Waals surface area contributed by atoms with E-state index in [1.165, 1.54) is 5.56 Å². The van der Waals surface area contributed by atoms with E-state index >= 15 is 0 Å². The second-order valence-corrected chi connectivity index (χ2v) is 7.44. The molecule has 26 heavy (non-hydrogen) atoms. The van der Waals surface area contributed by atoms with E-state index < -0.39 is 0 Å². The molecule has 6 heteroatoms. The van der Waals surface area contributed by atoms with Gasteiger partial charge in [0.2, 0.25) is 0 Å². The Hall–Kier alpha value is -2.08. The summed E-state index contributed by atoms with van der Waals surface area (Å²) < 4.78 is 0. The zero-order valence-corrected chi connectivity index (χ0v) is 16.4. The predicted molar refractivity (Wildman–Crippen MR) is 114 cm³/mol. The number of halogens is 1. The molecule has 2 aromatic carbocycles. The van der Waals surface area contributed by atoms with Crippen LogP contribution in [0.2, 0.25) is 5.02 Å². The molecular formula is C20H18ClN3S2. The molecule has 1 aromatic heterocycles. The molecule has 0 saturated heterocycles. The van der Waals surface area contributed by atoms with Gasteiger partial charge in [0.15, 0.2) is 5.11 Å². The summed E-state index contributed by atoms with van der Waals surface area (Å²) in [5, 5.41) is 8.66. The van der Waals surface area contributed by atoms with Crippen LogP contribution in [0.15, 0.2) is 82.8 Å². The largest absolute Gasteiger partial charge is 0.362 e. The average molecular weight is 400 g/mol. The number of nitrogens with one attached hydrogen (secondary N) is 2. The van der Waals surface area contributed by atoms with Crippen molar-refractivity contribution in [1.82, 2.24) is 10.3 Å². The highest BCUT2D eigenvalue weighted by Gasteiger charge is 2.07. The Morgan fingerprint density at radius 1 is 1.00 bits per heavy atom. The Morgan fingerprint density at radius 2 is 1.77 bits per heavy atom. The van der Waals surface area contributed by atoms with Gasteiger partial charge in [-0.15, -0.1) is 0 Å². The number of nitrogens with zero attached hydrogens (tertiary/aromatic N) is 1. The quantitative estimate of drug-likeness (QED) is 0.541. The Kier molecular flexibility index (Phi) is 6.89. The van der Waals surface area contributed by atoms with Crippen molar-refractivity contribution in [2.45, 2.75) is 16.3 Å². The summed E-state index contributed by atoms with van der Waals surface area (Å²) in [7, 11) is 0. The molecule has 0 radical (unpaired) electrons. The van der Waals surface area contributed by atoms with Gasteiger partial charge >= 0.3 is 0 Å². The van der Waals surface area contributed by atoms with Crippen molar-refractivity contribution in [2.24, 2.45) is 0 Å². The van der Waals surface area contributed by atoms with E-state index in [2.05, 4.69) is 27.8 Å². The molecule has 0 spiro atoms. The van der Waals surface area contributed by atoms with Gasteiger partial charge in [-0.1, -0.05) is 53.7 Å². The lowest BCUT2D eigenvalue weighted by molar-refractivity contribution is 0.873. The number of thiocarbonyl (C=S) groups is 1. The second-order valence-electron chi connectivity index (χ2n) is 5.53. The normalized spacial score (nSPS) is 10.3. The highest BCUT2D eigenvalue weighted by Crippen LogP contribution is 2.32. The van der Waals surface area contributed by atoms with Crippen molar-refractivity contribution in [3.8, 4) is 0 Å². The van der Waals surface area contributed by atoms with Gasteiger partial charge in [-0.2, -0.15) is 0 Å². The van der Waals surface area contributed by atoms with Gasteiger partial charge < -0.3 is 10.6 Å². The van der Waals surface area contributed by atoms with Gasteiger partial charge in [0.25, 0.3) is 0 Å². The molecular weight excluding hydrogens is 382 g/mol. The van der Waals surface area contributed by atoms with Crippen molar-refractivity contribution < 1.29 is 0 Å². The van der Waals surface area contributed by atoms with Crippen LogP contribution in [0.1, 0.15) is 5.56 Å². The third-order valence-electron chi connectivity index (χ3n) is 3.59. The van der Waals surface area contributed by atoms with E-state index in [1.54, 1.807) is 18.0 Å². The first-order valence-corrected chi connectivity index (χ1v) is 9.78. The minimum absolute atomic E-state index is 0.590. The monoisotopic (exact) mass is 399 g/mol. The third-order valence-corrected chi connectivity index (χ3v) is 5.11. The van der Waals surface area contributed by atoms with Crippen LogP contribution in [-0.4, -0.2) is 16.6 Å². The van der Waals surface area contributed by atoms with Crippen LogP contribution in [0.3, 0.4) is 0 Å². The van der Waals surface area contributed by atoms with Gasteiger partial charge in [0, 0.05) is 22.7 Å². The zero-order valence-electron chi connectivity index (χ0n) is 14.0. The van der Waals surface area contributed by atoms with Crippen LogP contribution >= 0.6 is 35.6 Å². The lowest BCUT2D eigenvalue weighted by atomic mass is 10.1. The summed E-state index contributed by atoms with van der Waals surface area (Å²) in [6.45, 7) is 0.774. The van der Waals surface area contributed by atoms with Crippen molar-refractivity contribution in [3.63, 3.8) is 0 Å². The van der Waals surface area contributed by atoms with E-state index in [9.17, 15) is 0 Å². The first-order valence-electron chi connectivity index (χ1n) is 8.18. The summed E-state index contributed by atoms with van der Waals surface area (Å²) in [5.41, 5.74) is 2.16. The number of aromatic nitrogens is 1. The van der Waals surface area contributed by atoms with E-state index in [0.29, 0.717) is 5.11 Å². The summed E-state index contributed by atoms with van der Waals surface area (Å²) in [5.74, 6) is 0. The van der Waals surface area contributed by atoms with Crippen LogP contribution in [0.4, 0.5) is 5.69 Å². The summed E-state index contributed by atoms with van der Waals surface area (Å²) in [4.78, 5) is 5.53. The van der Waals surface area contributed by atoms with Crippen molar-refractivity contribution in [3.05, 3.63) is 83.5 Å².